The molecule has 0 atom stereocenters. The Balaban J connectivity index is 1.48. The Morgan fingerprint density at radius 1 is 1.07 bits per heavy atom. The predicted molar refractivity (Wildman–Crippen MR) is 104 cm³/mol. The molecule has 27 heavy (non-hydrogen) atoms. The molecule has 2 aromatic carbocycles. The largest absolute Gasteiger partial charge is 0.240 e. The maximum atomic E-state index is 12.3. The molecule has 0 aliphatic heterocycles. The van der Waals surface area contributed by atoms with Crippen LogP contribution >= 0.6 is 22.9 Å². The average molecular weight is 420 g/mol. The van der Waals surface area contributed by atoms with Crippen molar-refractivity contribution in [1.82, 2.24) is 24.5 Å². The monoisotopic (exact) mass is 419 g/mol. The number of hydrogen-bond acceptors (Lipinski definition) is 6. The van der Waals surface area contributed by atoms with Gasteiger partial charge in [0.25, 0.3) is 0 Å². The second-order valence-corrected chi connectivity index (χ2v) is 8.98. The number of fused-ring (bicyclic) bond motifs is 1. The SMILES string of the molecule is Cc1nnc2sc(-c3ccc(CNS(=O)(=O)c4ccc(Cl)cc4)cc3)nn12. The summed E-state index contributed by atoms with van der Waals surface area (Å²) < 4.78 is 28.9. The van der Waals surface area contributed by atoms with Crippen molar-refractivity contribution in [3.8, 4) is 10.6 Å². The van der Waals surface area contributed by atoms with Gasteiger partial charge in [0, 0.05) is 17.1 Å². The Morgan fingerprint density at radius 2 is 1.78 bits per heavy atom. The van der Waals surface area contributed by atoms with Crippen LogP contribution in [0.5, 0.6) is 0 Å². The summed E-state index contributed by atoms with van der Waals surface area (Å²) in [5, 5.41) is 13.8. The van der Waals surface area contributed by atoms with Crippen molar-refractivity contribution >= 4 is 37.9 Å². The number of aryl methyl sites for hydroxylation is 1. The molecule has 10 heteroatoms. The summed E-state index contributed by atoms with van der Waals surface area (Å²) in [6.07, 6.45) is 0. The van der Waals surface area contributed by atoms with Crippen LogP contribution in [0, 0.1) is 6.92 Å². The van der Waals surface area contributed by atoms with Gasteiger partial charge in [0.15, 0.2) is 5.82 Å². The first kappa shape index (κ1) is 18.1. The number of nitrogens with zero attached hydrogens (tertiary/aromatic N) is 4. The van der Waals surface area contributed by atoms with Crippen molar-refractivity contribution in [3.63, 3.8) is 0 Å². The first-order valence-electron chi connectivity index (χ1n) is 7.96. The molecular weight excluding hydrogens is 406 g/mol. The summed E-state index contributed by atoms with van der Waals surface area (Å²) in [6, 6.07) is 13.6. The van der Waals surface area contributed by atoms with Crippen LogP contribution in [0.1, 0.15) is 11.4 Å². The van der Waals surface area contributed by atoms with E-state index in [1.807, 2.05) is 31.2 Å². The molecule has 0 aliphatic carbocycles. The molecule has 2 aromatic heterocycles. The summed E-state index contributed by atoms with van der Waals surface area (Å²) in [4.78, 5) is 0.918. The first-order valence-corrected chi connectivity index (χ1v) is 10.6. The minimum absolute atomic E-state index is 0.179. The van der Waals surface area contributed by atoms with Crippen molar-refractivity contribution in [2.45, 2.75) is 18.4 Å². The van der Waals surface area contributed by atoms with Gasteiger partial charge in [-0.05, 0) is 36.8 Å². The predicted octanol–water partition coefficient (Wildman–Crippen LogP) is 3.29. The molecule has 1 N–H and O–H groups in total. The summed E-state index contributed by atoms with van der Waals surface area (Å²) in [5.74, 6) is 0.737. The van der Waals surface area contributed by atoms with E-state index in [1.165, 1.54) is 23.5 Å². The molecule has 4 aromatic rings. The van der Waals surface area contributed by atoms with Gasteiger partial charge < -0.3 is 0 Å². The summed E-state index contributed by atoms with van der Waals surface area (Å²) in [5.41, 5.74) is 1.78. The minimum Gasteiger partial charge on any atom is -0.207 e. The van der Waals surface area contributed by atoms with Gasteiger partial charge in [0.05, 0.1) is 4.90 Å². The van der Waals surface area contributed by atoms with Crippen molar-refractivity contribution in [2.75, 3.05) is 0 Å². The molecule has 0 radical (unpaired) electrons. The molecule has 0 amide bonds. The summed E-state index contributed by atoms with van der Waals surface area (Å²) in [7, 11) is -3.59. The van der Waals surface area contributed by atoms with Crippen LogP contribution in [0.15, 0.2) is 53.4 Å². The zero-order valence-electron chi connectivity index (χ0n) is 14.1. The standard InChI is InChI=1S/C17H14ClN5O2S2/c1-11-20-21-17-23(11)22-16(26-17)13-4-2-12(3-5-13)10-19-27(24,25)15-8-6-14(18)7-9-15/h2-9,19H,10H2,1H3. The van der Waals surface area contributed by atoms with Crippen LogP contribution in [0.4, 0.5) is 0 Å². The van der Waals surface area contributed by atoms with Crippen molar-refractivity contribution in [3.05, 3.63) is 64.9 Å². The van der Waals surface area contributed by atoms with Crippen LogP contribution in [0.2, 0.25) is 5.02 Å². The van der Waals surface area contributed by atoms with E-state index in [0.717, 1.165) is 26.9 Å². The Bertz CT molecular complexity index is 1200. The van der Waals surface area contributed by atoms with Crippen molar-refractivity contribution in [1.29, 1.82) is 0 Å². The lowest BCUT2D eigenvalue weighted by atomic mass is 10.1. The quantitative estimate of drug-likeness (QED) is 0.536. The highest BCUT2D eigenvalue weighted by atomic mass is 35.5. The topological polar surface area (TPSA) is 89.2 Å². The number of rotatable bonds is 5. The fourth-order valence-corrected chi connectivity index (χ4v) is 4.51. The van der Waals surface area contributed by atoms with Gasteiger partial charge in [-0.15, -0.1) is 10.2 Å². The van der Waals surface area contributed by atoms with E-state index in [1.54, 1.807) is 16.6 Å². The third-order valence-corrected chi connectivity index (χ3v) is 6.55. The fourth-order valence-electron chi connectivity index (χ4n) is 2.47. The van der Waals surface area contributed by atoms with Crippen LogP contribution < -0.4 is 4.72 Å². The maximum absolute atomic E-state index is 12.3. The zero-order chi connectivity index (χ0) is 19.0. The Morgan fingerprint density at radius 3 is 2.44 bits per heavy atom. The number of nitrogens with one attached hydrogen (secondary N) is 1. The van der Waals surface area contributed by atoms with E-state index in [2.05, 4.69) is 20.0 Å². The van der Waals surface area contributed by atoms with E-state index in [0.29, 0.717) is 5.02 Å². The maximum Gasteiger partial charge on any atom is 0.240 e. The highest BCUT2D eigenvalue weighted by molar-refractivity contribution is 7.89. The van der Waals surface area contributed by atoms with Gasteiger partial charge >= 0.3 is 0 Å². The Hall–Kier alpha value is -2.33. The van der Waals surface area contributed by atoms with E-state index in [-0.39, 0.29) is 11.4 Å². The normalized spacial score (nSPS) is 11.9. The van der Waals surface area contributed by atoms with Gasteiger partial charge in [-0.3, -0.25) is 0 Å². The van der Waals surface area contributed by atoms with E-state index >= 15 is 0 Å². The molecule has 4 rings (SSSR count). The number of sulfonamides is 1. The lowest BCUT2D eigenvalue weighted by molar-refractivity contribution is 0.581. The molecule has 0 spiro atoms. The number of aromatic nitrogens is 4. The molecule has 0 saturated heterocycles. The van der Waals surface area contributed by atoms with Gasteiger partial charge in [-0.25, -0.2) is 13.1 Å². The van der Waals surface area contributed by atoms with Crippen LogP contribution in [-0.2, 0) is 16.6 Å². The van der Waals surface area contributed by atoms with Crippen molar-refractivity contribution < 1.29 is 8.42 Å². The van der Waals surface area contributed by atoms with Gasteiger partial charge in [-0.1, -0.05) is 47.2 Å². The van der Waals surface area contributed by atoms with Crippen molar-refractivity contribution in [2.24, 2.45) is 0 Å². The van der Waals surface area contributed by atoms with E-state index in [4.69, 9.17) is 11.6 Å². The van der Waals surface area contributed by atoms with Crippen LogP contribution in [0.25, 0.3) is 15.5 Å². The van der Waals surface area contributed by atoms with Crippen LogP contribution in [-0.4, -0.2) is 28.2 Å². The Labute approximate surface area is 164 Å². The first-order chi connectivity index (χ1) is 12.9. The highest BCUT2D eigenvalue weighted by Crippen LogP contribution is 2.25. The third kappa shape index (κ3) is 3.72. The molecular formula is C17H14ClN5O2S2. The van der Waals surface area contributed by atoms with Gasteiger partial charge in [0.1, 0.15) is 5.01 Å². The molecule has 0 saturated carbocycles. The highest BCUT2D eigenvalue weighted by Gasteiger charge is 2.14. The number of benzene rings is 2. The van der Waals surface area contributed by atoms with E-state index in [9.17, 15) is 8.42 Å². The Kier molecular flexibility index (Phi) is 4.68. The molecule has 0 aliphatic rings. The molecule has 0 fully saturated rings. The van der Waals surface area contributed by atoms with Gasteiger partial charge in [0.2, 0.25) is 15.0 Å². The second-order valence-electron chi connectivity index (χ2n) is 5.82. The minimum atomic E-state index is -3.59. The lowest BCUT2D eigenvalue weighted by Gasteiger charge is -2.07. The molecule has 7 nitrogen and oxygen atoms in total. The smallest absolute Gasteiger partial charge is 0.207 e. The second kappa shape index (κ2) is 7.01. The molecule has 2 heterocycles. The third-order valence-electron chi connectivity index (χ3n) is 3.94. The number of hydrogen-bond donors (Lipinski definition) is 1. The fraction of sp³-hybridized carbons (Fsp3) is 0.118. The summed E-state index contributed by atoms with van der Waals surface area (Å²) >= 11 is 7.25. The van der Waals surface area contributed by atoms with Gasteiger partial charge in [-0.2, -0.15) is 9.61 Å². The average Bonchev–Trinajstić information content (AvgIpc) is 3.23. The molecule has 138 valence electrons. The molecule has 0 unspecified atom stereocenters. The number of halogens is 1. The lowest BCUT2D eigenvalue weighted by Crippen LogP contribution is -2.23. The zero-order valence-corrected chi connectivity index (χ0v) is 16.5. The molecule has 0 bridgehead atoms. The van der Waals surface area contributed by atoms with E-state index < -0.39 is 10.0 Å². The summed E-state index contributed by atoms with van der Waals surface area (Å²) in [6.45, 7) is 2.04. The van der Waals surface area contributed by atoms with Crippen LogP contribution in [0.3, 0.4) is 0 Å².